The van der Waals surface area contributed by atoms with E-state index in [0.29, 0.717) is 13.2 Å². The van der Waals surface area contributed by atoms with Crippen LogP contribution in [-0.4, -0.2) is 13.2 Å². The normalized spacial score (nSPS) is 11.2. The Morgan fingerprint density at radius 2 is 1.25 bits per heavy atom. The van der Waals surface area contributed by atoms with Gasteiger partial charge in [0.2, 0.25) is 0 Å². The molecule has 0 fully saturated rings. The lowest BCUT2D eigenvalue weighted by Gasteiger charge is -2.15. The number of hydrogen-bond acceptors (Lipinski definition) is 2. The van der Waals surface area contributed by atoms with Crippen LogP contribution in [0.25, 0.3) is 32.3 Å². The predicted molar refractivity (Wildman–Crippen MR) is 101 cm³/mol. The molecule has 0 aliphatic heterocycles. The number of rotatable bonds is 4. The fourth-order valence-corrected chi connectivity index (χ4v) is 3.44. The highest BCUT2D eigenvalue weighted by atomic mass is 16.5. The summed E-state index contributed by atoms with van der Waals surface area (Å²) in [5.74, 6) is 1.82. The fraction of sp³-hybridized carbons (Fsp3) is 0.182. The minimum Gasteiger partial charge on any atom is -0.493 e. The lowest BCUT2D eigenvalue weighted by molar-refractivity contribution is 0.337. The summed E-state index contributed by atoms with van der Waals surface area (Å²) in [5, 5.41) is 7.20. The number of benzene rings is 4. The third-order valence-corrected chi connectivity index (χ3v) is 4.42. The van der Waals surface area contributed by atoms with E-state index in [1.54, 1.807) is 0 Å². The number of hydrogen-bond donors (Lipinski definition) is 0. The Labute approximate surface area is 141 Å². The molecule has 0 N–H and O–H groups in total. The van der Waals surface area contributed by atoms with Crippen molar-refractivity contribution in [2.24, 2.45) is 0 Å². The third-order valence-electron chi connectivity index (χ3n) is 4.42. The van der Waals surface area contributed by atoms with Crippen LogP contribution in [0.5, 0.6) is 11.5 Å². The van der Waals surface area contributed by atoms with Gasteiger partial charge in [0.25, 0.3) is 0 Å². The molecule has 0 atom stereocenters. The zero-order chi connectivity index (χ0) is 16.5. The first-order valence-electron chi connectivity index (χ1n) is 8.46. The molecule has 2 heteroatoms. The predicted octanol–water partition coefficient (Wildman–Crippen LogP) is 5.94. The minimum atomic E-state index is 0.646. The Morgan fingerprint density at radius 1 is 0.583 bits per heavy atom. The SMILES string of the molecule is CCOc1ccc(OCC)c2c1ccc1c3ccccc3ccc12. The Bertz CT molecular complexity index is 1030. The molecule has 2 nitrogen and oxygen atoms in total. The Hall–Kier alpha value is -2.74. The topological polar surface area (TPSA) is 18.5 Å². The van der Waals surface area contributed by atoms with Gasteiger partial charge < -0.3 is 9.47 Å². The second kappa shape index (κ2) is 6.04. The molecule has 120 valence electrons. The van der Waals surface area contributed by atoms with Crippen molar-refractivity contribution >= 4 is 32.3 Å². The van der Waals surface area contributed by atoms with Gasteiger partial charge in [0.15, 0.2) is 0 Å². The van der Waals surface area contributed by atoms with Crippen molar-refractivity contribution in [3.8, 4) is 11.5 Å². The smallest absolute Gasteiger partial charge is 0.127 e. The third kappa shape index (κ3) is 2.26. The van der Waals surface area contributed by atoms with Crippen LogP contribution in [0.2, 0.25) is 0 Å². The summed E-state index contributed by atoms with van der Waals surface area (Å²) >= 11 is 0. The van der Waals surface area contributed by atoms with Crippen LogP contribution in [0, 0.1) is 0 Å². The van der Waals surface area contributed by atoms with Gasteiger partial charge in [-0.25, -0.2) is 0 Å². The molecule has 0 radical (unpaired) electrons. The summed E-state index contributed by atoms with van der Waals surface area (Å²) in [7, 11) is 0. The first-order chi connectivity index (χ1) is 11.8. The van der Waals surface area contributed by atoms with Gasteiger partial charge in [-0.1, -0.05) is 42.5 Å². The van der Waals surface area contributed by atoms with Crippen LogP contribution < -0.4 is 9.47 Å². The molecule has 0 saturated carbocycles. The maximum absolute atomic E-state index is 5.92. The molecular formula is C22H20O2. The molecule has 0 spiro atoms. The monoisotopic (exact) mass is 316 g/mol. The van der Waals surface area contributed by atoms with Crippen LogP contribution in [0.4, 0.5) is 0 Å². The van der Waals surface area contributed by atoms with Gasteiger partial charge in [0.1, 0.15) is 11.5 Å². The molecule has 4 aromatic rings. The first kappa shape index (κ1) is 14.8. The zero-order valence-corrected chi connectivity index (χ0v) is 14.0. The van der Waals surface area contributed by atoms with Gasteiger partial charge in [0, 0.05) is 10.8 Å². The van der Waals surface area contributed by atoms with E-state index in [4.69, 9.17) is 9.47 Å². The van der Waals surface area contributed by atoms with E-state index in [0.717, 1.165) is 22.3 Å². The number of fused-ring (bicyclic) bond motifs is 5. The molecule has 0 aromatic heterocycles. The minimum absolute atomic E-state index is 0.646. The standard InChI is InChI=1S/C22H20O2/c1-3-23-20-13-14-21(24-4-2)22-18-10-9-15-7-5-6-8-16(15)17(18)11-12-19(20)22/h5-14H,3-4H2,1-2H3. The van der Waals surface area contributed by atoms with Gasteiger partial charge in [-0.05, 0) is 53.6 Å². The summed E-state index contributed by atoms with van der Waals surface area (Å²) in [6, 6.07) is 21.2. The Balaban J connectivity index is 2.15. The van der Waals surface area contributed by atoms with E-state index in [-0.39, 0.29) is 0 Å². The van der Waals surface area contributed by atoms with Crippen molar-refractivity contribution in [2.75, 3.05) is 13.2 Å². The maximum atomic E-state index is 5.92. The van der Waals surface area contributed by atoms with Crippen molar-refractivity contribution < 1.29 is 9.47 Å². The van der Waals surface area contributed by atoms with Gasteiger partial charge in [-0.15, -0.1) is 0 Å². The van der Waals surface area contributed by atoms with Crippen molar-refractivity contribution in [3.05, 3.63) is 60.7 Å². The van der Waals surface area contributed by atoms with Crippen LogP contribution in [0.1, 0.15) is 13.8 Å². The van der Waals surface area contributed by atoms with Crippen molar-refractivity contribution in [1.82, 2.24) is 0 Å². The summed E-state index contributed by atoms with van der Waals surface area (Å²) in [5.41, 5.74) is 0. The Kier molecular flexibility index (Phi) is 3.73. The van der Waals surface area contributed by atoms with Gasteiger partial charge in [0.05, 0.1) is 13.2 Å². The van der Waals surface area contributed by atoms with Crippen LogP contribution in [-0.2, 0) is 0 Å². The summed E-state index contributed by atoms with van der Waals surface area (Å²) in [4.78, 5) is 0. The molecule has 0 amide bonds. The molecule has 0 bridgehead atoms. The highest BCUT2D eigenvalue weighted by molar-refractivity contribution is 6.19. The van der Waals surface area contributed by atoms with Crippen molar-refractivity contribution in [3.63, 3.8) is 0 Å². The van der Waals surface area contributed by atoms with Gasteiger partial charge in [-0.2, -0.15) is 0 Å². The summed E-state index contributed by atoms with van der Waals surface area (Å²) in [6.07, 6.45) is 0. The molecule has 0 saturated heterocycles. The maximum Gasteiger partial charge on any atom is 0.127 e. The molecule has 0 unspecified atom stereocenters. The molecule has 0 aliphatic carbocycles. The second-order valence-electron chi connectivity index (χ2n) is 5.80. The van der Waals surface area contributed by atoms with E-state index in [9.17, 15) is 0 Å². The highest BCUT2D eigenvalue weighted by Gasteiger charge is 2.12. The van der Waals surface area contributed by atoms with Gasteiger partial charge in [-0.3, -0.25) is 0 Å². The lowest BCUT2D eigenvalue weighted by Crippen LogP contribution is -1.96. The molecule has 0 aliphatic rings. The molecule has 0 heterocycles. The van der Waals surface area contributed by atoms with Crippen LogP contribution in [0.3, 0.4) is 0 Å². The average Bonchev–Trinajstić information content (AvgIpc) is 2.63. The molecular weight excluding hydrogens is 296 g/mol. The first-order valence-corrected chi connectivity index (χ1v) is 8.46. The quantitative estimate of drug-likeness (QED) is 0.433. The highest BCUT2D eigenvalue weighted by Crippen LogP contribution is 2.40. The van der Waals surface area contributed by atoms with Gasteiger partial charge >= 0.3 is 0 Å². The van der Waals surface area contributed by atoms with E-state index in [2.05, 4.69) is 48.5 Å². The Morgan fingerprint density at radius 3 is 2.08 bits per heavy atom. The lowest BCUT2D eigenvalue weighted by atomic mass is 9.96. The van der Waals surface area contributed by atoms with Crippen LogP contribution in [0.15, 0.2) is 60.7 Å². The summed E-state index contributed by atoms with van der Waals surface area (Å²) in [6.45, 7) is 5.32. The summed E-state index contributed by atoms with van der Waals surface area (Å²) < 4.78 is 11.8. The molecule has 4 aromatic carbocycles. The van der Waals surface area contributed by atoms with E-state index < -0.39 is 0 Å². The number of ether oxygens (including phenoxy) is 2. The van der Waals surface area contributed by atoms with E-state index in [1.165, 1.54) is 21.5 Å². The molecule has 4 rings (SSSR count). The fourth-order valence-electron chi connectivity index (χ4n) is 3.44. The van der Waals surface area contributed by atoms with Crippen molar-refractivity contribution in [2.45, 2.75) is 13.8 Å². The van der Waals surface area contributed by atoms with E-state index >= 15 is 0 Å². The second-order valence-corrected chi connectivity index (χ2v) is 5.80. The van der Waals surface area contributed by atoms with Crippen molar-refractivity contribution in [1.29, 1.82) is 0 Å². The average molecular weight is 316 g/mol. The van der Waals surface area contributed by atoms with E-state index in [1.807, 2.05) is 26.0 Å². The zero-order valence-electron chi connectivity index (χ0n) is 14.0. The largest absolute Gasteiger partial charge is 0.493 e. The van der Waals surface area contributed by atoms with Crippen LogP contribution >= 0.6 is 0 Å². The molecule has 24 heavy (non-hydrogen) atoms.